The van der Waals surface area contributed by atoms with Crippen LogP contribution in [0.25, 0.3) is 0 Å². The fourth-order valence-corrected chi connectivity index (χ4v) is 1.45. The summed E-state index contributed by atoms with van der Waals surface area (Å²) in [5.41, 5.74) is 5.69. The summed E-state index contributed by atoms with van der Waals surface area (Å²) in [5.74, 6) is 0. The molecule has 1 aromatic carbocycles. The fourth-order valence-electron chi connectivity index (χ4n) is 1.45. The second-order valence-corrected chi connectivity index (χ2v) is 3.80. The number of nitrogens with one attached hydrogen (secondary N) is 1. The smallest absolute Gasteiger partial charge is 0.316 e. The molecule has 0 spiro atoms. The molecule has 0 aliphatic rings. The Morgan fingerprint density at radius 1 is 1.12 bits per heavy atom. The lowest BCUT2D eigenvalue weighted by atomic mass is 10.1. The van der Waals surface area contributed by atoms with Crippen LogP contribution in [0.3, 0.4) is 0 Å². The molecule has 0 saturated heterocycles. The number of alkyl halides is 3. The van der Waals surface area contributed by atoms with Crippen LogP contribution >= 0.6 is 0 Å². The van der Waals surface area contributed by atoms with Crippen molar-refractivity contribution in [1.29, 1.82) is 0 Å². The van der Waals surface area contributed by atoms with Gasteiger partial charge < -0.3 is 5.73 Å². The summed E-state index contributed by atoms with van der Waals surface area (Å²) >= 11 is 0. The molecule has 2 atom stereocenters. The Balaban J connectivity index is 2.79. The third-order valence-electron chi connectivity index (χ3n) is 2.25. The summed E-state index contributed by atoms with van der Waals surface area (Å²) in [4.78, 5) is 0. The van der Waals surface area contributed by atoms with Crippen LogP contribution in [0.15, 0.2) is 24.3 Å². The summed E-state index contributed by atoms with van der Waals surface area (Å²) in [6, 6.07) is 5.01. The van der Waals surface area contributed by atoms with Crippen LogP contribution in [-0.4, -0.2) is 6.17 Å². The van der Waals surface area contributed by atoms with E-state index in [1.807, 2.05) is 6.92 Å². The zero-order valence-corrected chi connectivity index (χ0v) is 9.18. The Bertz CT molecular complexity index is 330. The molecular formula is C11H15F3N2. The zero-order chi connectivity index (χ0) is 12.3. The SMILES string of the molecule is CC(N)NC(C)c1ccc(C(F)(F)F)cc1. The molecule has 2 nitrogen and oxygen atoms in total. The maximum atomic E-state index is 12.3. The molecule has 1 aromatic rings. The van der Waals surface area contributed by atoms with Crippen molar-refractivity contribution < 1.29 is 13.2 Å². The first-order valence-corrected chi connectivity index (χ1v) is 4.99. The summed E-state index contributed by atoms with van der Waals surface area (Å²) in [5, 5.41) is 3.01. The molecule has 0 amide bonds. The highest BCUT2D eigenvalue weighted by Crippen LogP contribution is 2.29. The van der Waals surface area contributed by atoms with Crippen LogP contribution in [-0.2, 0) is 6.18 Å². The van der Waals surface area contributed by atoms with E-state index in [2.05, 4.69) is 5.32 Å². The van der Waals surface area contributed by atoms with Gasteiger partial charge in [-0.25, -0.2) is 0 Å². The van der Waals surface area contributed by atoms with E-state index in [9.17, 15) is 13.2 Å². The molecule has 0 radical (unpaired) electrons. The van der Waals surface area contributed by atoms with Gasteiger partial charge in [0.2, 0.25) is 0 Å². The van der Waals surface area contributed by atoms with Gasteiger partial charge >= 0.3 is 6.18 Å². The van der Waals surface area contributed by atoms with Crippen molar-refractivity contribution in [3.63, 3.8) is 0 Å². The van der Waals surface area contributed by atoms with Crippen LogP contribution in [0.4, 0.5) is 13.2 Å². The van der Waals surface area contributed by atoms with E-state index < -0.39 is 11.7 Å². The van der Waals surface area contributed by atoms with Crippen molar-refractivity contribution in [3.05, 3.63) is 35.4 Å². The van der Waals surface area contributed by atoms with Crippen molar-refractivity contribution in [2.24, 2.45) is 5.73 Å². The van der Waals surface area contributed by atoms with Gasteiger partial charge in [0, 0.05) is 6.04 Å². The minimum absolute atomic E-state index is 0.0673. The first-order chi connectivity index (χ1) is 7.30. The number of rotatable bonds is 3. The minimum Gasteiger partial charge on any atom is -0.316 e. The maximum Gasteiger partial charge on any atom is 0.416 e. The van der Waals surface area contributed by atoms with E-state index in [-0.39, 0.29) is 12.2 Å². The highest BCUT2D eigenvalue weighted by Gasteiger charge is 2.30. The number of hydrogen-bond donors (Lipinski definition) is 2. The van der Waals surface area contributed by atoms with Crippen molar-refractivity contribution >= 4 is 0 Å². The molecule has 1 rings (SSSR count). The second kappa shape index (κ2) is 4.84. The minimum atomic E-state index is -4.28. The highest BCUT2D eigenvalue weighted by molar-refractivity contribution is 5.26. The fraction of sp³-hybridized carbons (Fsp3) is 0.455. The predicted octanol–water partition coefficient (Wildman–Crippen LogP) is 2.66. The Morgan fingerprint density at radius 3 is 2.00 bits per heavy atom. The molecule has 0 heterocycles. The first kappa shape index (κ1) is 13.0. The Labute approximate surface area is 92.6 Å². The van der Waals surface area contributed by atoms with E-state index in [0.717, 1.165) is 17.7 Å². The van der Waals surface area contributed by atoms with E-state index in [1.54, 1.807) is 6.92 Å². The molecule has 3 N–H and O–H groups in total. The van der Waals surface area contributed by atoms with E-state index in [4.69, 9.17) is 5.73 Å². The molecule has 90 valence electrons. The van der Waals surface area contributed by atoms with Crippen LogP contribution in [0.1, 0.15) is 31.0 Å². The molecule has 0 fully saturated rings. The molecule has 0 bridgehead atoms. The number of benzene rings is 1. The van der Waals surface area contributed by atoms with Gasteiger partial charge in [0.05, 0.1) is 11.7 Å². The van der Waals surface area contributed by atoms with E-state index in [0.29, 0.717) is 0 Å². The van der Waals surface area contributed by atoms with Gasteiger partial charge in [0.15, 0.2) is 0 Å². The van der Waals surface area contributed by atoms with Gasteiger partial charge in [-0.15, -0.1) is 0 Å². The molecule has 2 unspecified atom stereocenters. The van der Waals surface area contributed by atoms with E-state index >= 15 is 0 Å². The lowest BCUT2D eigenvalue weighted by Crippen LogP contribution is -2.35. The largest absolute Gasteiger partial charge is 0.416 e. The molecule has 5 heteroatoms. The number of halogens is 3. The normalized spacial score (nSPS) is 15.9. The Kier molecular flexibility index (Phi) is 3.93. The molecule has 0 aliphatic heterocycles. The first-order valence-electron chi connectivity index (χ1n) is 4.99. The lowest BCUT2D eigenvalue weighted by Gasteiger charge is -2.17. The van der Waals surface area contributed by atoms with Crippen LogP contribution < -0.4 is 11.1 Å². The molecule has 0 aliphatic carbocycles. The van der Waals surface area contributed by atoms with Gasteiger partial charge in [0.1, 0.15) is 0 Å². The molecule has 0 saturated carbocycles. The van der Waals surface area contributed by atoms with Crippen LogP contribution in [0.2, 0.25) is 0 Å². The van der Waals surface area contributed by atoms with Crippen molar-refractivity contribution in [3.8, 4) is 0 Å². The van der Waals surface area contributed by atoms with Gasteiger partial charge in [0.25, 0.3) is 0 Å². The predicted molar refractivity (Wildman–Crippen MR) is 56.6 cm³/mol. The average molecular weight is 232 g/mol. The number of hydrogen-bond acceptors (Lipinski definition) is 2. The van der Waals surface area contributed by atoms with Gasteiger partial charge in [-0.3, -0.25) is 5.32 Å². The highest BCUT2D eigenvalue weighted by atomic mass is 19.4. The summed E-state index contributed by atoms with van der Waals surface area (Å²) in [6.45, 7) is 3.63. The molecule has 0 aromatic heterocycles. The van der Waals surface area contributed by atoms with Gasteiger partial charge in [-0.2, -0.15) is 13.2 Å². The van der Waals surface area contributed by atoms with Crippen LogP contribution in [0.5, 0.6) is 0 Å². The average Bonchev–Trinajstić information content (AvgIpc) is 2.15. The van der Waals surface area contributed by atoms with Crippen LogP contribution in [0, 0.1) is 0 Å². The monoisotopic (exact) mass is 232 g/mol. The van der Waals surface area contributed by atoms with Crippen molar-refractivity contribution in [2.75, 3.05) is 0 Å². The Hall–Kier alpha value is -1.07. The van der Waals surface area contributed by atoms with E-state index in [1.165, 1.54) is 12.1 Å². The Morgan fingerprint density at radius 2 is 1.62 bits per heavy atom. The summed E-state index contributed by atoms with van der Waals surface area (Å²) in [6.07, 6.45) is -4.48. The number of nitrogens with two attached hydrogens (primary N) is 1. The maximum absolute atomic E-state index is 12.3. The third kappa shape index (κ3) is 3.50. The summed E-state index contributed by atoms with van der Waals surface area (Å²) in [7, 11) is 0. The summed E-state index contributed by atoms with van der Waals surface area (Å²) < 4.78 is 36.9. The van der Waals surface area contributed by atoms with Crippen molar-refractivity contribution in [1.82, 2.24) is 5.32 Å². The van der Waals surface area contributed by atoms with Gasteiger partial charge in [-0.1, -0.05) is 12.1 Å². The second-order valence-electron chi connectivity index (χ2n) is 3.80. The molecular weight excluding hydrogens is 217 g/mol. The quantitative estimate of drug-likeness (QED) is 0.786. The third-order valence-corrected chi connectivity index (χ3v) is 2.25. The standard InChI is InChI=1S/C11H15F3N2/c1-7(16-8(2)15)9-3-5-10(6-4-9)11(12,13)14/h3-8,16H,15H2,1-2H3. The van der Waals surface area contributed by atoms with Crippen molar-refractivity contribution in [2.45, 2.75) is 32.2 Å². The zero-order valence-electron chi connectivity index (χ0n) is 9.18. The lowest BCUT2D eigenvalue weighted by molar-refractivity contribution is -0.137. The topological polar surface area (TPSA) is 38.0 Å². The van der Waals surface area contributed by atoms with Gasteiger partial charge in [-0.05, 0) is 31.5 Å². The molecule has 16 heavy (non-hydrogen) atoms.